The molecule has 8 rings (SSSR count). The second-order valence-corrected chi connectivity index (χ2v) is 43.3. The quantitative estimate of drug-likeness (QED) is 0.144. The molecule has 0 nitrogen and oxygen atoms in total. The van der Waals surface area contributed by atoms with Crippen molar-refractivity contribution in [2.45, 2.75) is 48.2 Å². The summed E-state index contributed by atoms with van der Waals surface area (Å²) in [6, 6.07) is 44.5. The van der Waals surface area contributed by atoms with E-state index in [-0.39, 0.29) is 8.45 Å². The van der Waals surface area contributed by atoms with Crippen LogP contribution < -0.4 is 0 Å². The van der Waals surface area contributed by atoms with Gasteiger partial charge in [0, 0.05) is 0 Å². The fourth-order valence-electron chi connectivity index (χ4n) is 9.07. The minimum absolute atomic E-state index is 0.0686. The third-order valence-corrected chi connectivity index (χ3v) is 46.7. The molecule has 0 fully saturated rings. The second-order valence-electron chi connectivity index (χ2n) is 14.1. The summed E-state index contributed by atoms with van der Waals surface area (Å²) in [5, 5.41) is 5.08. The molecule has 6 aromatic carbocycles. The van der Waals surface area contributed by atoms with Gasteiger partial charge in [-0.05, 0) is 0 Å². The Morgan fingerprint density at radius 1 is 0.500 bits per heavy atom. The van der Waals surface area contributed by atoms with Crippen LogP contribution in [0, 0.1) is 0 Å². The fourth-order valence-corrected chi connectivity index (χ4v) is 30.4. The normalized spacial score (nSPS) is 18.0. The van der Waals surface area contributed by atoms with Crippen LogP contribution in [-0.2, 0) is 12.4 Å². The Morgan fingerprint density at radius 3 is 1.29 bits per heavy atom. The fraction of sp³-hybridized carbons (Fsp3) is 0.182. The SMILES string of the molecule is CCC1=Cc2c(-c3cccc4ccccc34)cccc2[CH]1[Ti]([Cl])([Cl])([CH]1C(CC)=Cc2c(-c3cccc4ccccc34)cccc21)[SiH](C)C. The molecular weight excluding hydrogens is 675 g/mol. The van der Waals surface area contributed by atoms with E-state index < -0.39 is 19.1 Å². The zero-order chi connectivity index (χ0) is 33.2. The Kier molecular flexibility index (Phi) is 8.02. The average molecular weight is 717 g/mol. The molecule has 0 bridgehead atoms. The van der Waals surface area contributed by atoms with Gasteiger partial charge in [-0.1, -0.05) is 0 Å². The van der Waals surface area contributed by atoms with Gasteiger partial charge in [-0.15, -0.1) is 0 Å². The maximum atomic E-state index is 8.67. The Bertz CT molecular complexity index is 2150. The van der Waals surface area contributed by atoms with Crippen LogP contribution in [0.3, 0.4) is 0 Å². The van der Waals surface area contributed by atoms with Gasteiger partial charge in [-0.25, -0.2) is 0 Å². The van der Waals surface area contributed by atoms with Crippen molar-refractivity contribution in [1.29, 1.82) is 0 Å². The summed E-state index contributed by atoms with van der Waals surface area (Å²) in [5.41, 5.74) is 13.2. The molecule has 2 aliphatic rings. The third kappa shape index (κ3) is 4.66. The van der Waals surface area contributed by atoms with Crippen molar-refractivity contribution < 1.29 is 12.4 Å². The van der Waals surface area contributed by atoms with Crippen molar-refractivity contribution in [3.05, 3.63) is 155 Å². The predicted molar refractivity (Wildman–Crippen MR) is 211 cm³/mol. The van der Waals surface area contributed by atoms with Crippen LogP contribution in [0.2, 0.25) is 13.1 Å². The number of benzene rings is 6. The van der Waals surface area contributed by atoms with Crippen molar-refractivity contribution in [2.75, 3.05) is 0 Å². The van der Waals surface area contributed by atoms with Crippen molar-refractivity contribution in [3.63, 3.8) is 0 Å². The third-order valence-electron chi connectivity index (χ3n) is 11.5. The van der Waals surface area contributed by atoms with Gasteiger partial charge in [0.2, 0.25) is 0 Å². The van der Waals surface area contributed by atoms with Crippen LogP contribution >= 0.6 is 18.6 Å². The monoisotopic (exact) mass is 715 g/mol. The van der Waals surface area contributed by atoms with E-state index in [0.29, 0.717) is 0 Å². The number of rotatable bonds is 7. The molecule has 6 aromatic rings. The van der Waals surface area contributed by atoms with Gasteiger partial charge in [0.15, 0.2) is 0 Å². The molecule has 0 N–H and O–H groups in total. The Balaban J connectivity index is 1.35. The van der Waals surface area contributed by atoms with Crippen molar-refractivity contribution in [2.24, 2.45) is 0 Å². The van der Waals surface area contributed by atoms with Crippen molar-refractivity contribution in [3.8, 4) is 22.3 Å². The molecule has 2 unspecified atom stereocenters. The summed E-state index contributed by atoms with van der Waals surface area (Å²) >= 11 is -4.55. The Morgan fingerprint density at radius 2 is 0.875 bits per heavy atom. The first kappa shape index (κ1) is 32.1. The van der Waals surface area contributed by atoms with E-state index in [1.807, 2.05) is 0 Å². The average Bonchev–Trinajstić information content (AvgIpc) is 3.71. The maximum absolute atomic E-state index is 8.67. The van der Waals surface area contributed by atoms with Gasteiger partial charge >= 0.3 is 297 Å². The molecule has 2 atom stereocenters. The molecule has 4 heteroatoms. The summed E-state index contributed by atoms with van der Waals surface area (Å²) in [7, 11) is 17.3. The van der Waals surface area contributed by atoms with Gasteiger partial charge in [-0.2, -0.15) is 0 Å². The number of hydrogen-bond donors (Lipinski definition) is 0. The van der Waals surface area contributed by atoms with E-state index in [1.165, 1.54) is 77.2 Å². The number of halogens is 2. The molecule has 0 aromatic heterocycles. The molecule has 48 heavy (non-hydrogen) atoms. The summed E-state index contributed by atoms with van der Waals surface area (Å²) in [5.74, 6) is 0. The van der Waals surface area contributed by atoms with Gasteiger partial charge in [0.05, 0.1) is 0 Å². The van der Waals surface area contributed by atoms with Crippen LogP contribution in [0.1, 0.15) is 57.4 Å². The zero-order valence-corrected chi connectivity index (χ0v) is 32.3. The molecule has 0 saturated carbocycles. The number of allylic oxidation sites excluding steroid dienone is 2. The first-order valence-electron chi connectivity index (χ1n) is 17.5. The summed E-state index contributed by atoms with van der Waals surface area (Å²) < 4.78 is 0.137. The summed E-state index contributed by atoms with van der Waals surface area (Å²) in [6.07, 6.45) is 6.82. The van der Waals surface area contributed by atoms with Crippen molar-refractivity contribution in [1.82, 2.24) is 0 Å². The van der Waals surface area contributed by atoms with Crippen LogP contribution in [0.25, 0.3) is 56.0 Å². The molecule has 0 spiro atoms. The van der Waals surface area contributed by atoms with Gasteiger partial charge < -0.3 is 0 Å². The second kappa shape index (κ2) is 12.0. The summed E-state index contributed by atoms with van der Waals surface area (Å²) in [4.78, 5) is 0. The predicted octanol–water partition coefficient (Wildman–Crippen LogP) is 13.7. The molecule has 2 aliphatic carbocycles. The van der Waals surface area contributed by atoms with E-state index in [4.69, 9.17) is 18.6 Å². The van der Waals surface area contributed by atoms with Crippen LogP contribution in [0.5, 0.6) is 0 Å². The van der Waals surface area contributed by atoms with Gasteiger partial charge in [0.25, 0.3) is 0 Å². The Hall–Kier alpha value is -3.17. The first-order chi connectivity index (χ1) is 23.3. The van der Waals surface area contributed by atoms with E-state index >= 15 is 0 Å². The topological polar surface area (TPSA) is 0 Å². The molecule has 0 radical (unpaired) electrons. The van der Waals surface area contributed by atoms with Crippen LogP contribution in [0.15, 0.2) is 132 Å². The molecule has 239 valence electrons. The molecular formula is C44H41Cl2SiTi. The minimum atomic E-state index is -4.55. The molecule has 0 saturated heterocycles. The van der Waals surface area contributed by atoms with Crippen LogP contribution in [0.4, 0.5) is 0 Å². The standard InChI is InChI=1S/2C21H17.C2H7Si.2ClH.Ti/c2*1-2-15-13-17-9-6-12-20(21(17)14-15)19-11-5-8-16-7-3-4-10-18(16)19;1-3-2;;;/h2*3-14H,2H2,1H3;3H,1-2H3;2*1H;/q;;;;;+2/p-2. The molecule has 0 aliphatic heterocycles. The van der Waals surface area contributed by atoms with Gasteiger partial charge in [-0.3, -0.25) is 0 Å². The van der Waals surface area contributed by atoms with E-state index in [0.717, 1.165) is 12.8 Å². The Labute approximate surface area is 294 Å². The molecule has 0 heterocycles. The number of hydrogen-bond acceptors (Lipinski definition) is 0. The number of fused-ring (bicyclic) bond motifs is 4. The van der Waals surface area contributed by atoms with Gasteiger partial charge in [0.1, 0.15) is 0 Å². The van der Waals surface area contributed by atoms with E-state index in [1.54, 1.807) is 0 Å². The van der Waals surface area contributed by atoms with Crippen LogP contribution in [-0.4, -0.2) is 6.66 Å². The summed E-state index contributed by atoms with van der Waals surface area (Å²) in [6.45, 7) is 7.81. The van der Waals surface area contributed by atoms with E-state index in [2.05, 4.69) is 160 Å². The van der Waals surface area contributed by atoms with E-state index in [9.17, 15) is 0 Å². The molecule has 0 amide bonds. The van der Waals surface area contributed by atoms with Crippen molar-refractivity contribution >= 4 is 59.0 Å². The zero-order valence-electron chi connectivity index (χ0n) is 28.1. The first-order valence-corrected chi connectivity index (χ1v) is 29.2.